The third kappa shape index (κ3) is 5.05. The van der Waals surface area contributed by atoms with Gasteiger partial charge in [0.1, 0.15) is 11.5 Å². The van der Waals surface area contributed by atoms with Crippen LogP contribution in [0.5, 0.6) is 5.75 Å². The Labute approximate surface area is 189 Å². The molecule has 1 aromatic heterocycles. The Kier molecular flexibility index (Phi) is 6.19. The minimum Gasteiger partial charge on any atom is -0.493 e. The van der Waals surface area contributed by atoms with Crippen LogP contribution in [0.2, 0.25) is 0 Å². The van der Waals surface area contributed by atoms with Crippen molar-refractivity contribution in [3.8, 4) is 17.2 Å². The molecular formula is C25H24F3NO4. The highest BCUT2D eigenvalue weighted by atomic mass is 19.4. The summed E-state index contributed by atoms with van der Waals surface area (Å²) in [6, 6.07) is 12.1. The summed E-state index contributed by atoms with van der Waals surface area (Å²) in [6.45, 7) is 2.10. The molecule has 0 amide bonds. The highest BCUT2D eigenvalue weighted by Gasteiger charge is 2.44. The first-order chi connectivity index (χ1) is 15.7. The monoisotopic (exact) mass is 459 g/mol. The summed E-state index contributed by atoms with van der Waals surface area (Å²) in [5.41, 5.74) is 0.768. The summed E-state index contributed by atoms with van der Waals surface area (Å²) in [7, 11) is 0. The number of benzene rings is 2. The van der Waals surface area contributed by atoms with Crippen molar-refractivity contribution in [2.24, 2.45) is 5.41 Å². The lowest BCUT2D eigenvalue weighted by atomic mass is 9.65. The minimum atomic E-state index is -4.39. The van der Waals surface area contributed by atoms with Crippen LogP contribution in [0.4, 0.5) is 13.2 Å². The predicted molar refractivity (Wildman–Crippen MR) is 115 cm³/mol. The number of hydrogen-bond donors (Lipinski definition) is 1. The molecule has 3 aromatic rings. The number of rotatable bonds is 8. The summed E-state index contributed by atoms with van der Waals surface area (Å²) >= 11 is 0. The molecule has 1 N–H and O–H groups in total. The van der Waals surface area contributed by atoms with Gasteiger partial charge in [0.05, 0.1) is 23.3 Å². The predicted octanol–water partition coefficient (Wildman–Crippen LogP) is 6.09. The lowest BCUT2D eigenvalue weighted by Crippen LogP contribution is -2.39. The molecule has 0 atom stereocenters. The Bertz CT molecular complexity index is 1110. The Morgan fingerprint density at radius 3 is 2.33 bits per heavy atom. The van der Waals surface area contributed by atoms with Gasteiger partial charge in [-0.25, -0.2) is 4.98 Å². The summed E-state index contributed by atoms with van der Waals surface area (Å²) < 4.78 is 49.6. The number of carboxylic acid groups (broad SMARTS) is 1. The molecule has 1 aliphatic carbocycles. The van der Waals surface area contributed by atoms with Crippen molar-refractivity contribution in [2.75, 3.05) is 6.61 Å². The Morgan fingerprint density at radius 1 is 1.12 bits per heavy atom. The maximum absolute atomic E-state index is 12.7. The van der Waals surface area contributed by atoms with Crippen LogP contribution in [-0.2, 0) is 23.8 Å². The first-order valence-electron chi connectivity index (χ1n) is 10.8. The second kappa shape index (κ2) is 8.92. The van der Waals surface area contributed by atoms with Crippen molar-refractivity contribution in [2.45, 2.75) is 45.2 Å². The van der Waals surface area contributed by atoms with Crippen molar-refractivity contribution < 1.29 is 32.2 Å². The number of aryl methyl sites for hydroxylation is 1. The van der Waals surface area contributed by atoms with Crippen molar-refractivity contribution >= 4 is 5.97 Å². The van der Waals surface area contributed by atoms with Gasteiger partial charge in [0.15, 0.2) is 0 Å². The van der Waals surface area contributed by atoms with Crippen LogP contribution in [0.1, 0.15) is 41.8 Å². The van der Waals surface area contributed by atoms with E-state index in [1.54, 1.807) is 6.92 Å². The average Bonchev–Trinajstić information content (AvgIpc) is 3.11. The molecular weight excluding hydrogens is 435 g/mol. The molecule has 0 aliphatic heterocycles. The van der Waals surface area contributed by atoms with E-state index in [4.69, 9.17) is 9.15 Å². The zero-order valence-corrected chi connectivity index (χ0v) is 18.1. The summed E-state index contributed by atoms with van der Waals surface area (Å²) in [6.07, 6.45) is -1.01. The quantitative estimate of drug-likeness (QED) is 0.442. The normalized spacial score (nSPS) is 15.2. The molecule has 1 aliphatic rings. The van der Waals surface area contributed by atoms with Crippen molar-refractivity contribution in [1.82, 2.24) is 4.98 Å². The Morgan fingerprint density at radius 2 is 1.79 bits per heavy atom. The zero-order valence-electron chi connectivity index (χ0n) is 18.1. The van der Waals surface area contributed by atoms with Gasteiger partial charge in [-0.1, -0.05) is 18.6 Å². The van der Waals surface area contributed by atoms with E-state index >= 15 is 0 Å². The number of nitrogens with zero attached hydrogens (tertiary/aromatic N) is 1. The lowest BCUT2D eigenvalue weighted by molar-refractivity contribution is -0.154. The van der Waals surface area contributed by atoms with Gasteiger partial charge >= 0.3 is 12.1 Å². The van der Waals surface area contributed by atoms with Crippen molar-refractivity contribution in [3.63, 3.8) is 0 Å². The Hall–Kier alpha value is -3.29. The van der Waals surface area contributed by atoms with Crippen LogP contribution in [0.15, 0.2) is 52.9 Å². The topological polar surface area (TPSA) is 72.6 Å². The Balaban J connectivity index is 1.33. The van der Waals surface area contributed by atoms with Gasteiger partial charge in [-0.15, -0.1) is 0 Å². The molecule has 33 heavy (non-hydrogen) atoms. The average molecular weight is 459 g/mol. The molecule has 5 nitrogen and oxygen atoms in total. The summed E-state index contributed by atoms with van der Waals surface area (Å²) in [5, 5.41) is 9.48. The SMILES string of the molecule is Cc1oc(-c2ccc(C(F)(F)F)cc2)nc1CCOc1ccc(CC2(C(=O)O)CCC2)cc1. The molecule has 1 fully saturated rings. The standard InChI is InChI=1S/C25H24F3NO4/c1-16-21(29-22(33-16)18-5-7-19(8-6-18)25(26,27)28)11-14-32-20-9-3-17(4-10-20)15-24(23(30)31)12-2-13-24/h3-10H,2,11-15H2,1H3,(H,30,31). The number of ether oxygens (including phenoxy) is 1. The first kappa shape index (κ1) is 22.9. The fraction of sp³-hybridized carbons (Fsp3) is 0.360. The number of aromatic nitrogens is 1. The number of carboxylic acids is 1. The van der Waals surface area contributed by atoms with Crippen LogP contribution in [0, 0.1) is 12.3 Å². The molecule has 4 rings (SSSR count). The fourth-order valence-corrected chi connectivity index (χ4v) is 4.01. The second-order valence-electron chi connectivity index (χ2n) is 8.46. The molecule has 174 valence electrons. The van der Waals surface area contributed by atoms with Crippen LogP contribution < -0.4 is 4.74 Å². The summed E-state index contributed by atoms with van der Waals surface area (Å²) in [5.74, 6) is 0.792. The van der Waals surface area contributed by atoms with Crippen LogP contribution >= 0.6 is 0 Å². The molecule has 2 aromatic carbocycles. The van der Waals surface area contributed by atoms with Crippen LogP contribution in [0.25, 0.3) is 11.5 Å². The van der Waals surface area contributed by atoms with E-state index in [1.807, 2.05) is 24.3 Å². The molecule has 1 saturated carbocycles. The largest absolute Gasteiger partial charge is 0.493 e. The zero-order chi connectivity index (χ0) is 23.6. The molecule has 1 heterocycles. The van der Waals surface area contributed by atoms with Gasteiger partial charge < -0.3 is 14.3 Å². The molecule has 0 radical (unpaired) electrons. The molecule has 0 bridgehead atoms. The van der Waals surface area contributed by atoms with E-state index in [2.05, 4.69) is 4.98 Å². The first-order valence-corrected chi connectivity index (χ1v) is 10.8. The van der Waals surface area contributed by atoms with E-state index in [9.17, 15) is 23.1 Å². The molecule has 0 saturated heterocycles. The van der Waals surface area contributed by atoms with Gasteiger partial charge in [-0.2, -0.15) is 13.2 Å². The van der Waals surface area contributed by atoms with Crippen molar-refractivity contribution in [3.05, 3.63) is 71.1 Å². The molecule has 8 heteroatoms. The fourth-order valence-electron chi connectivity index (χ4n) is 4.01. The number of alkyl halides is 3. The van der Waals surface area contributed by atoms with E-state index in [1.165, 1.54) is 12.1 Å². The highest BCUT2D eigenvalue weighted by Crippen LogP contribution is 2.44. The van der Waals surface area contributed by atoms with E-state index < -0.39 is 23.1 Å². The smallest absolute Gasteiger partial charge is 0.416 e. The van der Waals surface area contributed by atoms with Crippen LogP contribution in [0.3, 0.4) is 0 Å². The molecule has 0 spiro atoms. The lowest BCUT2D eigenvalue weighted by Gasteiger charge is -2.37. The van der Waals surface area contributed by atoms with Gasteiger partial charge in [-0.3, -0.25) is 4.79 Å². The van der Waals surface area contributed by atoms with E-state index in [0.29, 0.717) is 55.1 Å². The second-order valence-corrected chi connectivity index (χ2v) is 8.46. The highest BCUT2D eigenvalue weighted by molar-refractivity contribution is 5.76. The van der Waals surface area contributed by atoms with Gasteiger partial charge in [0, 0.05) is 12.0 Å². The number of hydrogen-bond acceptors (Lipinski definition) is 4. The third-order valence-electron chi connectivity index (χ3n) is 6.19. The van der Waals surface area contributed by atoms with E-state index in [0.717, 1.165) is 24.1 Å². The van der Waals surface area contributed by atoms with Gasteiger partial charge in [-0.05, 0) is 68.1 Å². The number of carbonyl (C=O) groups is 1. The third-order valence-corrected chi connectivity index (χ3v) is 6.19. The van der Waals surface area contributed by atoms with Gasteiger partial charge in [0.25, 0.3) is 0 Å². The maximum Gasteiger partial charge on any atom is 0.416 e. The van der Waals surface area contributed by atoms with Gasteiger partial charge in [0.2, 0.25) is 5.89 Å². The number of halogens is 3. The number of oxazole rings is 1. The minimum absolute atomic E-state index is 0.268. The number of aliphatic carboxylic acids is 1. The molecule has 0 unspecified atom stereocenters. The maximum atomic E-state index is 12.7. The van der Waals surface area contributed by atoms with Crippen molar-refractivity contribution in [1.29, 1.82) is 0 Å². The van der Waals surface area contributed by atoms with E-state index in [-0.39, 0.29) is 5.89 Å². The van der Waals surface area contributed by atoms with Crippen LogP contribution in [-0.4, -0.2) is 22.7 Å². The summed E-state index contributed by atoms with van der Waals surface area (Å²) in [4.78, 5) is 15.9.